The second-order valence-electron chi connectivity index (χ2n) is 7.79. The van der Waals surface area contributed by atoms with Crippen LogP contribution in [0.15, 0.2) is 72.8 Å². The minimum atomic E-state index is 0.478. The summed E-state index contributed by atoms with van der Waals surface area (Å²) in [4.78, 5) is 6.04. The van der Waals surface area contributed by atoms with Crippen molar-refractivity contribution in [1.29, 1.82) is 0 Å². The van der Waals surface area contributed by atoms with Crippen molar-refractivity contribution in [3.63, 3.8) is 0 Å². The largest absolute Gasteiger partial charge is 0.487 e. The summed E-state index contributed by atoms with van der Waals surface area (Å²) in [6.07, 6.45) is 0. The first-order valence-electron chi connectivity index (χ1n) is 10.4. The van der Waals surface area contributed by atoms with Crippen molar-refractivity contribution in [3.8, 4) is 16.2 Å². The first-order chi connectivity index (χ1) is 14.8. The number of anilines is 1. The van der Waals surface area contributed by atoms with Crippen LogP contribution in [-0.4, -0.2) is 42.5 Å². The number of hydrogen-bond donors (Lipinski definition) is 0. The van der Waals surface area contributed by atoms with E-state index in [2.05, 4.69) is 88.0 Å². The van der Waals surface area contributed by atoms with Gasteiger partial charge in [0, 0.05) is 37.3 Å². The van der Waals surface area contributed by atoms with Gasteiger partial charge in [0.2, 0.25) is 0 Å². The Kier molecular flexibility index (Phi) is 5.39. The molecule has 0 aliphatic carbocycles. The smallest absolute Gasteiger partial charge is 0.131 e. The minimum absolute atomic E-state index is 0.478. The third-order valence-corrected chi connectivity index (χ3v) is 6.55. The average Bonchev–Trinajstić information content (AvgIpc) is 3.28. The Bertz CT molecular complexity index is 1130. The summed E-state index contributed by atoms with van der Waals surface area (Å²) in [5, 5.41) is 2.50. The number of fused-ring (bicyclic) bond motifs is 1. The molecule has 0 amide bonds. The van der Waals surface area contributed by atoms with Gasteiger partial charge in [0.25, 0.3) is 0 Å². The second-order valence-corrected chi connectivity index (χ2v) is 8.59. The maximum atomic E-state index is 6.13. The monoisotopic (exact) mass is 415 g/mol. The van der Waals surface area contributed by atoms with Crippen molar-refractivity contribution in [2.45, 2.75) is 6.61 Å². The van der Waals surface area contributed by atoms with E-state index in [4.69, 9.17) is 4.74 Å². The molecule has 4 nitrogen and oxygen atoms in total. The van der Waals surface area contributed by atoms with Crippen LogP contribution in [0.3, 0.4) is 0 Å². The van der Waals surface area contributed by atoms with Gasteiger partial charge in [-0.1, -0.05) is 48.5 Å². The molecule has 0 bridgehead atoms. The zero-order valence-electron chi connectivity index (χ0n) is 17.1. The lowest BCUT2D eigenvalue weighted by atomic mass is 10.1. The SMILES string of the molecule is CN1CCN(c2cccc3ccc(OCc4cc(-c5ccccc5)sn4)cc23)CC1. The standard InChI is InChI=1S/C25H25N3OS/c1-27-12-14-28(15-13-27)24-9-5-8-19-10-11-22(17-23(19)24)29-18-21-16-25(30-26-21)20-6-3-2-4-7-20/h2-11,16-17H,12-15,18H2,1H3. The van der Waals surface area contributed by atoms with Gasteiger partial charge in [-0.15, -0.1) is 0 Å². The van der Waals surface area contributed by atoms with Crippen molar-refractivity contribution in [2.75, 3.05) is 38.1 Å². The third kappa shape index (κ3) is 4.04. The molecule has 0 spiro atoms. The Balaban J connectivity index is 1.34. The van der Waals surface area contributed by atoms with Crippen LogP contribution >= 0.6 is 11.5 Å². The number of nitrogens with zero attached hydrogens (tertiary/aromatic N) is 3. The number of aromatic nitrogens is 1. The van der Waals surface area contributed by atoms with Crippen LogP contribution in [0, 0.1) is 0 Å². The molecule has 1 aliphatic heterocycles. The van der Waals surface area contributed by atoms with Gasteiger partial charge in [-0.3, -0.25) is 0 Å². The minimum Gasteiger partial charge on any atom is -0.487 e. The van der Waals surface area contributed by atoms with Crippen LogP contribution in [-0.2, 0) is 6.61 Å². The van der Waals surface area contributed by atoms with Crippen LogP contribution in [0.1, 0.15) is 5.69 Å². The molecule has 0 radical (unpaired) electrons. The van der Waals surface area contributed by atoms with Crippen LogP contribution in [0.25, 0.3) is 21.2 Å². The Hall–Kier alpha value is -2.89. The summed E-state index contributed by atoms with van der Waals surface area (Å²) < 4.78 is 10.7. The molecular formula is C25H25N3OS. The fraction of sp³-hybridized carbons (Fsp3) is 0.240. The van der Waals surface area contributed by atoms with E-state index in [0.717, 1.165) is 37.6 Å². The van der Waals surface area contributed by atoms with E-state index in [9.17, 15) is 0 Å². The lowest BCUT2D eigenvalue weighted by Gasteiger charge is -2.34. The maximum absolute atomic E-state index is 6.13. The molecule has 5 heteroatoms. The van der Waals surface area contributed by atoms with Crippen molar-refractivity contribution in [1.82, 2.24) is 9.27 Å². The predicted molar refractivity (Wildman–Crippen MR) is 126 cm³/mol. The fourth-order valence-electron chi connectivity index (χ4n) is 3.92. The van der Waals surface area contributed by atoms with Gasteiger partial charge < -0.3 is 14.5 Å². The summed E-state index contributed by atoms with van der Waals surface area (Å²) >= 11 is 1.52. The van der Waals surface area contributed by atoms with Gasteiger partial charge in [-0.2, -0.15) is 4.37 Å². The molecule has 3 aromatic carbocycles. The molecule has 4 aromatic rings. The van der Waals surface area contributed by atoms with E-state index in [1.54, 1.807) is 0 Å². The maximum Gasteiger partial charge on any atom is 0.131 e. The molecule has 1 aromatic heterocycles. The zero-order valence-corrected chi connectivity index (χ0v) is 17.9. The van der Waals surface area contributed by atoms with E-state index in [1.807, 2.05) is 6.07 Å². The number of piperazine rings is 1. The number of ether oxygens (including phenoxy) is 1. The van der Waals surface area contributed by atoms with Gasteiger partial charge >= 0.3 is 0 Å². The molecule has 2 heterocycles. The van der Waals surface area contributed by atoms with Crippen molar-refractivity contribution in [3.05, 3.63) is 78.5 Å². The molecule has 0 unspecified atom stereocenters. The molecule has 1 fully saturated rings. The molecular weight excluding hydrogens is 390 g/mol. The molecule has 1 saturated heterocycles. The van der Waals surface area contributed by atoms with Gasteiger partial charge in [0.15, 0.2) is 0 Å². The zero-order chi connectivity index (χ0) is 20.3. The fourth-order valence-corrected chi connectivity index (χ4v) is 4.67. The van der Waals surface area contributed by atoms with Gasteiger partial charge in [0.1, 0.15) is 12.4 Å². The summed E-state index contributed by atoms with van der Waals surface area (Å²) in [6, 6.07) is 25.4. The highest BCUT2D eigenvalue weighted by Crippen LogP contribution is 2.31. The van der Waals surface area contributed by atoms with E-state index in [-0.39, 0.29) is 0 Å². The van der Waals surface area contributed by atoms with Crippen molar-refractivity contribution < 1.29 is 4.74 Å². The van der Waals surface area contributed by atoms with Crippen molar-refractivity contribution in [2.24, 2.45) is 0 Å². The highest BCUT2D eigenvalue weighted by molar-refractivity contribution is 7.09. The Labute approximate surface area is 181 Å². The first kappa shape index (κ1) is 19.1. The van der Waals surface area contributed by atoms with Gasteiger partial charge in [-0.25, -0.2) is 0 Å². The van der Waals surface area contributed by atoms with Crippen LogP contribution in [0.5, 0.6) is 5.75 Å². The number of rotatable bonds is 5. The Morgan fingerprint density at radius 2 is 1.73 bits per heavy atom. The molecule has 152 valence electrons. The third-order valence-electron chi connectivity index (χ3n) is 5.68. The topological polar surface area (TPSA) is 28.6 Å². The summed E-state index contributed by atoms with van der Waals surface area (Å²) in [5.74, 6) is 0.887. The molecule has 0 saturated carbocycles. The average molecular weight is 416 g/mol. The van der Waals surface area contributed by atoms with Crippen LogP contribution < -0.4 is 9.64 Å². The Morgan fingerprint density at radius 1 is 0.900 bits per heavy atom. The number of hydrogen-bond acceptors (Lipinski definition) is 5. The molecule has 5 rings (SSSR count). The normalized spacial score (nSPS) is 14.9. The Morgan fingerprint density at radius 3 is 2.57 bits per heavy atom. The molecule has 1 aliphatic rings. The van der Waals surface area contributed by atoms with Crippen LogP contribution in [0.4, 0.5) is 5.69 Å². The number of likely N-dealkylation sites (N-methyl/N-ethyl adjacent to an activating group) is 1. The summed E-state index contributed by atoms with van der Waals surface area (Å²) in [6.45, 7) is 4.79. The molecule has 30 heavy (non-hydrogen) atoms. The molecule has 0 N–H and O–H groups in total. The highest BCUT2D eigenvalue weighted by atomic mass is 32.1. The summed E-state index contributed by atoms with van der Waals surface area (Å²) in [7, 11) is 2.19. The van der Waals surface area contributed by atoms with Crippen molar-refractivity contribution >= 4 is 28.0 Å². The van der Waals surface area contributed by atoms with Gasteiger partial charge in [-0.05, 0) is 53.8 Å². The number of benzene rings is 3. The first-order valence-corrected chi connectivity index (χ1v) is 11.1. The predicted octanol–water partition coefficient (Wildman–Crippen LogP) is 5.29. The highest BCUT2D eigenvalue weighted by Gasteiger charge is 2.16. The van der Waals surface area contributed by atoms with Crippen LogP contribution in [0.2, 0.25) is 0 Å². The van der Waals surface area contributed by atoms with E-state index in [1.165, 1.54) is 38.4 Å². The molecule has 0 atom stereocenters. The van der Waals surface area contributed by atoms with E-state index in [0.29, 0.717) is 6.61 Å². The van der Waals surface area contributed by atoms with E-state index < -0.39 is 0 Å². The lowest BCUT2D eigenvalue weighted by molar-refractivity contribution is 0.303. The lowest BCUT2D eigenvalue weighted by Crippen LogP contribution is -2.44. The summed E-state index contributed by atoms with van der Waals surface area (Å²) in [5.41, 5.74) is 3.46. The quantitative estimate of drug-likeness (QED) is 0.443. The second kappa shape index (κ2) is 8.46. The van der Waals surface area contributed by atoms with Gasteiger partial charge in [0.05, 0.1) is 10.6 Å². The van der Waals surface area contributed by atoms with E-state index >= 15 is 0 Å².